The van der Waals surface area contributed by atoms with Crippen molar-refractivity contribution in [2.24, 2.45) is 11.1 Å². The van der Waals surface area contributed by atoms with Crippen LogP contribution in [0.15, 0.2) is 0 Å². The van der Waals surface area contributed by atoms with Crippen LogP contribution in [0.2, 0.25) is 0 Å². The molecule has 2 fully saturated rings. The minimum absolute atomic E-state index is 0.166. The first-order valence-electron chi connectivity index (χ1n) is 6.41. The second-order valence-electron chi connectivity index (χ2n) is 5.52. The van der Waals surface area contributed by atoms with Gasteiger partial charge in [-0.2, -0.15) is 0 Å². The van der Waals surface area contributed by atoms with E-state index in [0.717, 1.165) is 19.4 Å². The molecule has 3 unspecified atom stereocenters. The van der Waals surface area contributed by atoms with Crippen molar-refractivity contribution in [2.75, 3.05) is 6.54 Å². The average Bonchev–Trinajstić information content (AvgIpc) is 2.95. The number of fused-ring (bicyclic) bond motifs is 2. The lowest BCUT2D eigenvalue weighted by Crippen LogP contribution is -2.41. The molecule has 1 aromatic heterocycles. The molecule has 0 radical (unpaired) electrons. The number of nitrogens with zero attached hydrogens (tertiary/aromatic N) is 1. The lowest BCUT2D eigenvalue weighted by Gasteiger charge is -2.33. The van der Waals surface area contributed by atoms with Gasteiger partial charge in [0, 0.05) is 23.3 Å². The zero-order chi connectivity index (χ0) is 12.0. The van der Waals surface area contributed by atoms with Crippen LogP contribution in [0.25, 0.3) is 0 Å². The van der Waals surface area contributed by atoms with Crippen LogP contribution in [0.5, 0.6) is 0 Å². The van der Waals surface area contributed by atoms with Crippen molar-refractivity contribution in [2.45, 2.75) is 51.7 Å². The Morgan fingerprint density at radius 2 is 2.29 bits per heavy atom. The van der Waals surface area contributed by atoms with Crippen LogP contribution in [-0.4, -0.2) is 23.7 Å². The summed E-state index contributed by atoms with van der Waals surface area (Å²) < 4.78 is 5.99. The van der Waals surface area contributed by atoms with Crippen molar-refractivity contribution in [1.29, 1.82) is 0 Å². The number of hydrogen-bond donors (Lipinski definition) is 1. The fourth-order valence-electron chi connectivity index (χ4n) is 3.28. The highest BCUT2D eigenvalue weighted by atomic mass is 32.1. The predicted molar refractivity (Wildman–Crippen MR) is 69.3 cm³/mol. The van der Waals surface area contributed by atoms with Gasteiger partial charge in [0.1, 0.15) is 0 Å². The van der Waals surface area contributed by atoms with Crippen LogP contribution >= 0.6 is 11.3 Å². The van der Waals surface area contributed by atoms with Crippen molar-refractivity contribution < 1.29 is 4.74 Å². The first-order chi connectivity index (χ1) is 8.13. The van der Waals surface area contributed by atoms with Crippen molar-refractivity contribution in [3.63, 3.8) is 0 Å². The molecule has 0 aromatic carbocycles. The largest absolute Gasteiger partial charge is 0.374 e. The fourth-order valence-corrected chi connectivity index (χ4v) is 4.37. The van der Waals surface area contributed by atoms with Gasteiger partial charge in [0.15, 0.2) is 0 Å². The monoisotopic (exact) mass is 252 g/mol. The summed E-state index contributed by atoms with van der Waals surface area (Å²) in [4.78, 5) is 5.99. The smallest absolute Gasteiger partial charge is 0.0937 e. The van der Waals surface area contributed by atoms with Crippen molar-refractivity contribution in [1.82, 2.24) is 4.98 Å². The summed E-state index contributed by atoms with van der Waals surface area (Å²) in [7, 11) is 0. The van der Waals surface area contributed by atoms with Crippen LogP contribution < -0.4 is 5.73 Å². The minimum Gasteiger partial charge on any atom is -0.374 e. The zero-order valence-electron chi connectivity index (χ0n) is 10.5. The molecule has 3 heterocycles. The summed E-state index contributed by atoms with van der Waals surface area (Å²) in [6, 6.07) is 0. The summed E-state index contributed by atoms with van der Waals surface area (Å²) in [5.41, 5.74) is 7.38. The van der Waals surface area contributed by atoms with Gasteiger partial charge in [0.25, 0.3) is 0 Å². The topological polar surface area (TPSA) is 48.1 Å². The van der Waals surface area contributed by atoms with Crippen LogP contribution in [-0.2, 0) is 11.2 Å². The van der Waals surface area contributed by atoms with Gasteiger partial charge in [-0.05, 0) is 33.1 Å². The highest BCUT2D eigenvalue weighted by Gasteiger charge is 2.51. The summed E-state index contributed by atoms with van der Waals surface area (Å²) in [6.07, 6.45) is 5.39. The molecule has 4 heteroatoms. The molecule has 3 nitrogen and oxygen atoms in total. The number of ether oxygens (including phenoxy) is 1. The Morgan fingerprint density at radius 1 is 1.47 bits per heavy atom. The van der Waals surface area contributed by atoms with Crippen molar-refractivity contribution >= 4 is 11.3 Å². The van der Waals surface area contributed by atoms with Gasteiger partial charge < -0.3 is 10.5 Å². The van der Waals surface area contributed by atoms with Gasteiger partial charge in [-0.15, -0.1) is 11.3 Å². The van der Waals surface area contributed by atoms with Gasteiger partial charge in [0.05, 0.1) is 22.9 Å². The molecule has 2 saturated heterocycles. The van der Waals surface area contributed by atoms with E-state index < -0.39 is 0 Å². The highest BCUT2D eigenvalue weighted by molar-refractivity contribution is 7.11. The first kappa shape index (κ1) is 11.6. The van der Waals surface area contributed by atoms with E-state index >= 15 is 0 Å². The number of aromatic nitrogens is 1. The number of rotatable bonds is 3. The molecule has 2 N–H and O–H groups in total. The predicted octanol–water partition coefficient (Wildman–Crippen LogP) is 2.20. The molecule has 3 atom stereocenters. The molecular formula is C13H20N2OS. The third kappa shape index (κ3) is 1.83. The Kier molecular flexibility index (Phi) is 2.76. The molecule has 94 valence electrons. The Bertz CT molecular complexity index is 412. The average molecular weight is 252 g/mol. The second kappa shape index (κ2) is 4.04. The van der Waals surface area contributed by atoms with Gasteiger partial charge in [-0.3, -0.25) is 0 Å². The highest BCUT2D eigenvalue weighted by Crippen LogP contribution is 2.49. The molecule has 0 spiro atoms. The SMILES string of the molecule is Cc1nc(CC2(CN)CC3CCC2O3)sc1C. The van der Waals surface area contributed by atoms with Crippen LogP contribution in [0, 0.1) is 19.3 Å². The molecule has 2 aliphatic rings. The summed E-state index contributed by atoms with van der Waals surface area (Å²) in [6.45, 7) is 4.95. The number of nitrogens with two attached hydrogens (primary N) is 1. The van der Waals surface area contributed by atoms with E-state index in [1.807, 2.05) is 11.3 Å². The normalized spacial score (nSPS) is 35.7. The van der Waals surface area contributed by atoms with Crippen molar-refractivity contribution in [3.05, 3.63) is 15.6 Å². The second-order valence-corrected chi connectivity index (χ2v) is 6.81. The van der Waals surface area contributed by atoms with Crippen LogP contribution in [0.4, 0.5) is 0 Å². The Labute approximate surface area is 106 Å². The van der Waals surface area contributed by atoms with E-state index in [4.69, 9.17) is 10.5 Å². The number of hydrogen-bond acceptors (Lipinski definition) is 4. The summed E-state index contributed by atoms with van der Waals surface area (Å²) in [5, 5.41) is 1.24. The molecule has 2 bridgehead atoms. The Hall–Kier alpha value is -0.450. The quantitative estimate of drug-likeness (QED) is 0.897. The van der Waals surface area contributed by atoms with Crippen LogP contribution in [0.1, 0.15) is 34.8 Å². The third-order valence-electron chi connectivity index (χ3n) is 4.41. The molecule has 0 amide bonds. The van der Waals surface area contributed by atoms with Gasteiger partial charge in [0.2, 0.25) is 0 Å². The minimum atomic E-state index is 0.166. The molecule has 17 heavy (non-hydrogen) atoms. The Morgan fingerprint density at radius 3 is 2.76 bits per heavy atom. The number of aryl methyl sites for hydroxylation is 2. The molecular weight excluding hydrogens is 232 g/mol. The zero-order valence-corrected chi connectivity index (χ0v) is 11.3. The van der Waals surface area contributed by atoms with Crippen molar-refractivity contribution in [3.8, 4) is 0 Å². The van der Waals surface area contributed by atoms with E-state index in [1.165, 1.54) is 28.4 Å². The van der Waals surface area contributed by atoms with Gasteiger partial charge in [-0.25, -0.2) is 4.98 Å². The third-order valence-corrected chi connectivity index (χ3v) is 5.48. The summed E-state index contributed by atoms with van der Waals surface area (Å²) in [5.74, 6) is 0. The summed E-state index contributed by atoms with van der Waals surface area (Å²) >= 11 is 1.82. The lowest BCUT2D eigenvalue weighted by molar-refractivity contribution is 0.0636. The maximum atomic E-state index is 6.04. The fraction of sp³-hybridized carbons (Fsp3) is 0.769. The Balaban J connectivity index is 1.83. The van der Waals surface area contributed by atoms with Gasteiger partial charge in [-0.1, -0.05) is 0 Å². The van der Waals surface area contributed by atoms with Gasteiger partial charge >= 0.3 is 0 Å². The van der Waals surface area contributed by atoms with E-state index in [-0.39, 0.29) is 5.41 Å². The van der Waals surface area contributed by atoms with E-state index in [2.05, 4.69) is 18.8 Å². The van der Waals surface area contributed by atoms with E-state index in [0.29, 0.717) is 12.2 Å². The van der Waals surface area contributed by atoms with Crippen LogP contribution in [0.3, 0.4) is 0 Å². The maximum absolute atomic E-state index is 6.04. The van der Waals surface area contributed by atoms with E-state index in [9.17, 15) is 0 Å². The maximum Gasteiger partial charge on any atom is 0.0937 e. The van der Waals surface area contributed by atoms with E-state index in [1.54, 1.807) is 0 Å². The number of thiazole rings is 1. The lowest BCUT2D eigenvalue weighted by atomic mass is 9.72. The molecule has 0 aliphatic carbocycles. The molecule has 0 saturated carbocycles. The first-order valence-corrected chi connectivity index (χ1v) is 7.23. The molecule has 3 rings (SSSR count). The molecule has 2 aliphatic heterocycles. The standard InChI is InChI=1S/C13H20N2OS/c1-8-9(2)17-12(15-8)6-13(7-14)5-10-3-4-11(13)16-10/h10-11H,3-7,14H2,1-2H3. The molecule has 1 aromatic rings.